The normalized spacial score (nSPS) is 27.0. The van der Waals surface area contributed by atoms with Gasteiger partial charge in [-0.15, -0.1) is 5.10 Å². The second-order valence-electron chi connectivity index (χ2n) is 5.43. The highest BCUT2D eigenvalue weighted by molar-refractivity contribution is 5.04. The van der Waals surface area contributed by atoms with Crippen molar-refractivity contribution in [2.75, 3.05) is 0 Å². The summed E-state index contributed by atoms with van der Waals surface area (Å²) < 4.78 is 1.97. The molecule has 0 amide bonds. The molecule has 4 nitrogen and oxygen atoms in total. The van der Waals surface area contributed by atoms with Gasteiger partial charge in [0.15, 0.2) is 0 Å². The van der Waals surface area contributed by atoms with E-state index < -0.39 is 0 Å². The lowest BCUT2D eigenvalue weighted by Gasteiger charge is -2.30. The van der Waals surface area contributed by atoms with Crippen molar-refractivity contribution in [3.8, 4) is 0 Å². The standard InChI is InChI=1S/C13H24N4/c1-3-8-17-12(9-15-16-17)13(14)11-6-4-10(2)5-7-11/h9-11,13H,3-8,14H2,1-2H3. The molecule has 17 heavy (non-hydrogen) atoms. The Hall–Kier alpha value is -0.900. The van der Waals surface area contributed by atoms with E-state index >= 15 is 0 Å². The van der Waals surface area contributed by atoms with Crippen LogP contribution in [-0.4, -0.2) is 15.0 Å². The summed E-state index contributed by atoms with van der Waals surface area (Å²) in [4.78, 5) is 0. The molecule has 1 aliphatic rings. The molecular weight excluding hydrogens is 212 g/mol. The molecule has 1 heterocycles. The van der Waals surface area contributed by atoms with E-state index in [-0.39, 0.29) is 6.04 Å². The van der Waals surface area contributed by atoms with Crippen LogP contribution in [0.2, 0.25) is 0 Å². The largest absolute Gasteiger partial charge is 0.322 e. The van der Waals surface area contributed by atoms with Crippen LogP contribution in [0.25, 0.3) is 0 Å². The van der Waals surface area contributed by atoms with Gasteiger partial charge in [-0.1, -0.05) is 31.9 Å². The SMILES string of the molecule is CCCn1nncc1C(N)C1CCC(C)CC1. The van der Waals surface area contributed by atoms with Crippen LogP contribution >= 0.6 is 0 Å². The predicted octanol–water partition coefficient (Wildman–Crippen LogP) is 2.51. The molecule has 0 saturated heterocycles. The summed E-state index contributed by atoms with van der Waals surface area (Å²) in [5.74, 6) is 1.48. The maximum Gasteiger partial charge on any atom is 0.0757 e. The zero-order valence-corrected chi connectivity index (χ0v) is 11.0. The molecule has 96 valence electrons. The average Bonchev–Trinajstić information content (AvgIpc) is 2.78. The summed E-state index contributed by atoms with van der Waals surface area (Å²) in [7, 11) is 0. The quantitative estimate of drug-likeness (QED) is 0.874. The van der Waals surface area contributed by atoms with Gasteiger partial charge in [0.25, 0.3) is 0 Å². The van der Waals surface area contributed by atoms with Crippen molar-refractivity contribution in [3.05, 3.63) is 11.9 Å². The van der Waals surface area contributed by atoms with E-state index in [4.69, 9.17) is 5.73 Å². The van der Waals surface area contributed by atoms with Gasteiger partial charge in [-0.05, 0) is 31.1 Å². The Labute approximate surface area is 104 Å². The van der Waals surface area contributed by atoms with Gasteiger partial charge in [0.1, 0.15) is 0 Å². The minimum Gasteiger partial charge on any atom is -0.322 e. The number of hydrogen-bond acceptors (Lipinski definition) is 3. The molecule has 0 bridgehead atoms. The highest BCUT2D eigenvalue weighted by Gasteiger charge is 2.26. The van der Waals surface area contributed by atoms with Crippen molar-refractivity contribution in [1.82, 2.24) is 15.0 Å². The third kappa shape index (κ3) is 2.86. The molecule has 1 unspecified atom stereocenters. The minimum absolute atomic E-state index is 0.115. The Kier molecular flexibility index (Phi) is 4.15. The fraction of sp³-hybridized carbons (Fsp3) is 0.846. The Balaban J connectivity index is 2.03. The fourth-order valence-electron chi connectivity index (χ4n) is 2.80. The number of aryl methyl sites for hydroxylation is 1. The lowest BCUT2D eigenvalue weighted by Crippen LogP contribution is -2.27. The van der Waals surface area contributed by atoms with Crippen molar-refractivity contribution in [2.45, 2.75) is 58.5 Å². The van der Waals surface area contributed by atoms with E-state index in [0.717, 1.165) is 24.6 Å². The van der Waals surface area contributed by atoms with E-state index in [1.54, 1.807) is 0 Å². The van der Waals surface area contributed by atoms with Crippen molar-refractivity contribution in [1.29, 1.82) is 0 Å². The Morgan fingerprint density at radius 1 is 1.41 bits per heavy atom. The van der Waals surface area contributed by atoms with Gasteiger partial charge in [-0.25, -0.2) is 4.68 Å². The first kappa shape index (κ1) is 12.6. The molecule has 0 aliphatic heterocycles. The number of aromatic nitrogens is 3. The molecule has 1 aliphatic carbocycles. The Bertz CT molecular complexity index is 339. The van der Waals surface area contributed by atoms with Crippen LogP contribution in [0.4, 0.5) is 0 Å². The lowest BCUT2D eigenvalue weighted by atomic mass is 9.79. The van der Waals surface area contributed by atoms with Crippen molar-refractivity contribution >= 4 is 0 Å². The molecule has 1 aromatic heterocycles. The summed E-state index contributed by atoms with van der Waals surface area (Å²) in [6, 6.07) is 0.115. The fourth-order valence-corrected chi connectivity index (χ4v) is 2.80. The van der Waals surface area contributed by atoms with Gasteiger partial charge < -0.3 is 5.73 Å². The first-order chi connectivity index (χ1) is 8.22. The van der Waals surface area contributed by atoms with Gasteiger partial charge in [0.05, 0.1) is 17.9 Å². The van der Waals surface area contributed by atoms with Crippen LogP contribution in [0.15, 0.2) is 6.20 Å². The summed E-state index contributed by atoms with van der Waals surface area (Å²) in [5, 5.41) is 8.13. The van der Waals surface area contributed by atoms with Gasteiger partial charge in [-0.2, -0.15) is 0 Å². The van der Waals surface area contributed by atoms with Crippen LogP contribution < -0.4 is 5.73 Å². The molecule has 0 spiro atoms. The zero-order chi connectivity index (χ0) is 12.3. The van der Waals surface area contributed by atoms with E-state index in [9.17, 15) is 0 Å². The highest BCUT2D eigenvalue weighted by Crippen LogP contribution is 2.35. The summed E-state index contributed by atoms with van der Waals surface area (Å²) in [6.07, 6.45) is 8.05. The van der Waals surface area contributed by atoms with Crippen molar-refractivity contribution < 1.29 is 0 Å². The number of hydrogen-bond donors (Lipinski definition) is 1. The summed E-state index contributed by atoms with van der Waals surface area (Å²) >= 11 is 0. The maximum absolute atomic E-state index is 6.39. The molecule has 4 heteroatoms. The monoisotopic (exact) mass is 236 g/mol. The summed E-state index contributed by atoms with van der Waals surface area (Å²) in [6.45, 7) is 5.41. The predicted molar refractivity (Wildman–Crippen MR) is 68.4 cm³/mol. The van der Waals surface area contributed by atoms with Gasteiger partial charge >= 0.3 is 0 Å². The van der Waals surface area contributed by atoms with Gasteiger partial charge in [0, 0.05) is 6.54 Å². The van der Waals surface area contributed by atoms with Crippen LogP contribution in [0.5, 0.6) is 0 Å². The van der Waals surface area contributed by atoms with Crippen LogP contribution in [0.1, 0.15) is 57.7 Å². The molecule has 1 atom stereocenters. The highest BCUT2D eigenvalue weighted by atomic mass is 15.4. The van der Waals surface area contributed by atoms with Crippen LogP contribution in [-0.2, 0) is 6.54 Å². The smallest absolute Gasteiger partial charge is 0.0757 e. The van der Waals surface area contributed by atoms with E-state index in [0.29, 0.717) is 5.92 Å². The number of rotatable bonds is 4. The zero-order valence-electron chi connectivity index (χ0n) is 11.0. The molecule has 1 aromatic rings. The second kappa shape index (κ2) is 5.63. The maximum atomic E-state index is 6.39. The number of nitrogens with zero attached hydrogens (tertiary/aromatic N) is 3. The molecule has 0 aromatic carbocycles. The minimum atomic E-state index is 0.115. The first-order valence-corrected chi connectivity index (χ1v) is 6.86. The topological polar surface area (TPSA) is 56.7 Å². The van der Waals surface area contributed by atoms with Gasteiger partial charge in [-0.3, -0.25) is 0 Å². The molecule has 2 N–H and O–H groups in total. The molecule has 2 rings (SSSR count). The molecular formula is C13H24N4. The van der Waals surface area contributed by atoms with E-state index in [1.807, 2.05) is 10.9 Å². The van der Waals surface area contributed by atoms with Crippen LogP contribution in [0.3, 0.4) is 0 Å². The summed E-state index contributed by atoms with van der Waals surface area (Å²) in [5.41, 5.74) is 7.51. The third-order valence-corrected chi connectivity index (χ3v) is 3.99. The number of nitrogens with two attached hydrogens (primary N) is 1. The Morgan fingerprint density at radius 3 is 2.76 bits per heavy atom. The first-order valence-electron chi connectivity index (χ1n) is 6.86. The average molecular weight is 236 g/mol. The molecule has 0 radical (unpaired) electrons. The van der Waals surface area contributed by atoms with Crippen LogP contribution in [0, 0.1) is 11.8 Å². The van der Waals surface area contributed by atoms with Crippen molar-refractivity contribution in [3.63, 3.8) is 0 Å². The van der Waals surface area contributed by atoms with E-state index in [1.165, 1.54) is 25.7 Å². The van der Waals surface area contributed by atoms with E-state index in [2.05, 4.69) is 24.2 Å². The molecule has 1 saturated carbocycles. The van der Waals surface area contributed by atoms with Gasteiger partial charge in [0.2, 0.25) is 0 Å². The molecule has 1 fully saturated rings. The Morgan fingerprint density at radius 2 is 2.12 bits per heavy atom. The van der Waals surface area contributed by atoms with Crippen molar-refractivity contribution in [2.24, 2.45) is 17.6 Å². The lowest BCUT2D eigenvalue weighted by molar-refractivity contribution is 0.249. The second-order valence-corrected chi connectivity index (χ2v) is 5.43. The third-order valence-electron chi connectivity index (χ3n) is 3.99.